The van der Waals surface area contributed by atoms with Gasteiger partial charge in [-0.05, 0) is 41.0 Å². The minimum Gasteiger partial charge on any atom is -0.496 e. The molecule has 5 nitrogen and oxygen atoms in total. The fourth-order valence-electron chi connectivity index (χ4n) is 3.10. The van der Waals surface area contributed by atoms with Crippen LogP contribution in [0, 0.1) is 5.82 Å². The Bertz CT molecular complexity index is 1030. The molecule has 2 N–H and O–H groups in total. The van der Waals surface area contributed by atoms with E-state index in [0.717, 1.165) is 5.56 Å². The molecule has 150 valence electrons. The number of likely N-dealkylation sites (N-methyl/N-ethyl adjacent to an activating group) is 1. The number of benzene rings is 2. The number of carbonyl (C=O) groups is 1. The molecule has 0 fully saturated rings. The fourth-order valence-corrected chi connectivity index (χ4v) is 3.29. The summed E-state index contributed by atoms with van der Waals surface area (Å²) in [4.78, 5) is 17.0. The molecule has 7 heteroatoms. The van der Waals surface area contributed by atoms with Crippen molar-refractivity contribution in [2.45, 2.75) is 6.42 Å². The standard InChI is InChI=1S/C22H21ClFN3O2/c1-27(13-19(25)28)20-9-6-14(12-26-20)10-16-7-8-18(29-2)21(22(16)24)15-4-3-5-17(23)11-15/h3-9,11-12H,10,13H2,1-2H3,(H2,25,28). The number of carbonyl (C=O) groups excluding carboxylic acids is 1. The molecule has 0 radical (unpaired) electrons. The maximum absolute atomic E-state index is 15.4. The van der Waals surface area contributed by atoms with Crippen LogP contribution >= 0.6 is 11.6 Å². The van der Waals surface area contributed by atoms with Gasteiger partial charge in [-0.25, -0.2) is 9.37 Å². The van der Waals surface area contributed by atoms with Gasteiger partial charge in [0.05, 0.1) is 19.2 Å². The topological polar surface area (TPSA) is 68.5 Å². The van der Waals surface area contributed by atoms with E-state index in [9.17, 15) is 4.79 Å². The fraction of sp³-hybridized carbons (Fsp3) is 0.182. The van der Waals surface area contributed by atoms with Crippen molar-refractivity contribution in [3.8, 4) is 16.9 Å². The summed E-state index contributed by atoms with van der Waals surface area (Å²) in [5, 5.41) is 0.522. The van der Waals surface area contributed by atoms with E-state index in [0.29, 0.717) is 39.7 Å². The highest BCUT2D eigenvalue weighted by molar-refractivity contribution is 6.30. The zero-order valence-corrected chi connectivity index (χ0v) is 16.9. The number of rotatable bonds is 7. The summed E-state index contributed by atoms with van der Waals surface area (Å²) in [5.74, 6) is 0.256. The molecule has 0 aliphatic heterocycles. The molecule has 3 rings (SSSR count). The van der Waals surface area contributed by atoms with Crippen LogP contribution in [0.5, 0.6) is 5.75 Å². The molecule has 1 aromatic heterocycles. The lowest BCUT2D eigenvalue weighted by Gasteiger charge is -2.16. The number of aromatic nitrogens is 1. The SMILES string of the molecule is COc1ccc(Cc2ccc(N(C)CC(N)=O)nc2)c(F)c1-c1cccc(Cl)c1. The molecule has 1 heterocycles. The first kappa shape index (κ1) is 20.6. The molecule has 0 aliphatic rings. The Balaban J connectivity index is 1.90. The molecule has 0 aliphatic carbocycles. The summed E-state index contributed by atoms with van der Waals surface area (Å²) in [6.07, 6.45) is 2.02. The Labute approximate surface area is 173 Å². The first-order valence-electron chi connectivity index (χ1n) is 8.94. The molecule has 0 unspecified atom stereocenters. The number of nitrogens with two attached hydrogens (primary N) is 1. The lowest BCUT2D eigenvalue weighted by Crippen LogP contribution is -2.30. The van der Waals surface area contributed by atoms with Crippen LogP contribution in [-0.4, -0.2) is 31.6 Å². The van der Waals surface area contributed by atoms with Crippen molar-refractivity contribution in [2.24, 2.45) is 5.73 Å². The molecule has 1 amide bonds. The quantitative estimate of drug-likeness (QED) is 0.634. The molecule has 3 aromatic rings. The number of nitrogens with zero attached hydrogens (tertiary/aromatic N) is 2. The molecule has 0 bridgehead atoms. The lowest BCUT2D eigenvalue weighted by molar-refractivity contribution is -0.116. The molecule has 0 atom stereocenters. The van der Waals surface area contributed by atoms with Gasteiger partial charge in [0, 0.05) is 24.7 Å². The summed E-state index contributed by atoms with van der Waals surface area (Å²) in [7, 11) is 3.24. The zero-order chi connectivity index (χ0) is 21.0. The second-order valence-corrected chi connectivity index (χ2v) is 7.09. The normalized spacial score (nSPS) is 10.6. The molecular weight excluding hydrogens is 393 g/mol. The van der Waals surface area contributed by atoms with Crippen molar-refractivity contribution >= 4 is 23.3 Å². The Morgan fingerprint density at radius 3 is 2.66 bits per heavy atom. The van der Waals surface area contributed by atoms with E-state index >= 15 is 4.39 Å². The third kappa shape index (κ3) is 4.84. The molecule has 0 spiro atoms. The van der Waals surface area contributed by atoms with Gasteiger partial charge in [-0.3, -0.25) is 4.79 Å². The van der Waals surface area contributed by atoms with Crippen molar-refractivity contribution in [1.82, 2.24) is 4.98 Å². The van der Waals surface area contributed by atoms with Crippen LogP contribution in [0.15, 0.2) is 54.7 Å². The minimum atomic E-state index is -0.438. The van der Waals surface area contributed by atoms with Crippen molar-refractivity contribution in [2.75, 3.05) is 25.6 Å². The highest BCUT2D eigenvalue weighted by atomic mass is 35.5. The number of halogens is 2. The van der Waals surface area contributed by atoms with Gasteiger partial charge in [-0.15, -0.1) is 0 Å². The van der Waals surface area contributed by atoms with Crippen molar-refractivity contribution in [1.29, 1.82) is 0 Å². The predicted molar refractivity (Wildman–Crippen MR) is 113 cm³/mol. The van der Waals surface area contributed by atoms with Crippen LogP contribution in [0.25, 0.3) is 11.1 Å². The zero-order valence-electron chi connectivity index (χ0n) is 16.2. The van der Waals surface area contributed by atoms with E-state index in [1.807, 2.05) is 6.07 Å². The summed E-state index contributed by atoms with van der Waals surface area (Å²) in [6.45, 7) is 0.0719. The Hall–Kier alpha value is -3.12. The third-order valence-corrected chi connectivity index (χ3v) is 4.74. The van der Waals surface area contributed by atoms with Gasteiger partial charge in [0.15, 0.2) is 0 Å². The Morgan fingerprint density at radius 1 is 1.24 bits per heavy atom. The van der Waals surface area contributed by atoms with Crippen LogP contribution in [0.2, 0.25) is 5.02 Å². The van der Waals surface area contributed by atoms with Gasteiger partial charge in [0.1, 0.15) is 17.4 Å². The molecule has 2 aromatic carbocycles. The summed E-state index contributed by atoms with van der Waals surface area (Å²) in [5.41, 5.74) is 7.58. The summed E-state index contributed by atoms with van der Waals surface area (Å²) in [6, 6.07) is 14.1. The minimum absolute atomic E-state index is 0.0719. The number of pyridine rings is 1. The average Bonchev–Trinajstić information content (AvgIpc) is 2.69. The molecular formula is C22H21ClFN3O2. The maximum atomic E-state index is 15.4. The smallest absolute Gasteiger partial charge is 0.236 e. The first-order chi connectivity index (χ1) is 13.9. The van der Waals surface area contributed by atoms with E-state index in [-0.39, 0.29) is 12.4 Å². The van der Waals surface area contributed by atoms with Crippen molar-refractivity contribution in [3.63, 3.8) is 0 Å². The highest BCUT2D eigenvalue weighted by Crippen LogP contribution is 2.36. The Kier molecular flexibility index (Phi) is 6.34. The predicted octanol–water partition coefficient (Wildman–Crippen LogP) is 4.06. The van der Waals surface area contributed by atoms with Crippen LogP contribution in [0.3, 0.4) is 0 Å². The third-order valence-electron chi connectivity index (χ3n) is 4.50. The van der Waals surface area contributed by atoms with E-state index in [1.165, 1.54) is 7.11 Å². The molecule has 0 saturated heterocycles. The molecule has 29 heavy (non-hydrogen) atoms. The van der Waals surface area contributed by atoms with Gasteiger partial charge in [0.2, 0.25) is 5.91 Å². The monoisotopic (exact) mass is 413 g/mol. The molecule has 0 saturated carbocycles. The second-order valence-electron chi connectivity index (χ2n) is 6.65. The van der Waals surface area contributed by atoms with Crippen molar-refractivity contribution in [3.05, 3.63) is 76.7 Å². The summed E-state index contributed by atoms with van der Waals surface area (Å²) >= 11 is 6.08. The van der Waals surface area contributed by atoms with Crippen LogP contribution < -0.4 is 15.4 Å². The number of methoxy groups -OCH3 is 1. The number of amides is 1. The van der Waals surface area contributed by atoms with E-state index < -0.39 is 5.91 Å². The van der Waals surface area contributed by atoms with Gasteiger partial charge in [-0.2, -0.15) is 0 Å². The average molecular weight is 414 g/mol. The Morgan fingerprint density at radius 2 is 2.03 bits per heavy atom. The number of primary amides is 1. The van der Waals surface area contributed by atoms with Gasteiger partial charge < -0.3 is 15.4 Å². The number of hydrogen-bond donors (Lipinski definition) is 1. The lowest BCUT2D eigenvalue weighted by atomic mass is 9.97. The highest BCUT2D eigenvalue weighted by Gasteiger charge is 2.17. The van der Waals surface area contributed by atoms with Gasteiger partial charge in [0.25, 0.3) is 0 Å². The van der Waals surface area contributed by atoms with Crippen LogP contribution in [-0.2, 0) is 11.2 Å². The largest absolute Gasteiger partial charge is 0.496 e. The maximum Gasteiger partial charge on any atom is 0.236 e. The number of anilines is 1. The van der Waals surface area contributed by atoms with Gasteiger partial charge >= 0.3 is 0 Å². The number of ether oxygens (including phenoxy) is 1. The van der Waals surface area contributed by atoms with E-state index in [2.05, 4.69) is 4.98 Å². The van der Waals surface area contributed by atoms with Crippen molar-refractivity contribution < 1.29 is 13.9 Å². The number of hydrogen-bond acceptors (Lipinski definition) is 4. The van der Waals surface area contributed by atoms with Crippen LogP contribution in [0.4, 0.5) is 10.2 Å². The van der Waals surface area contributed by atoms with E-state index in [1.54, 1.807) is 60.6 Å². The summed E-state index contributed by atoms with van der Waals surface area (Å²) < 4.78 is 20.7. The first-order valence-corrected chi connectivity index (χ1v) is 9.32. The van der Waals surface area contributed by atoms with Crippen LogP contribution in [0.1, 0.15) is 11.1 Å². The van der Waals surface area contributed by atoms with Gasteiger partial charge in [-0.1, -0.05) is 35.9 Å². The second kappa shape index (κ2) is 8.92. The van der Waals surface area contributed by atoms with E-state index in [4.69, 9.17) is 22.1 Å².